The van der Waals surface area contributed by atoms with Crippen molar-refractivity contribution in [3.05, 3.63) is 29.1 Å². The van der Waals surface area contributed by atoms with Crippen LogP contribution in [0.3, 0.4) is 0 Å². The maximum atomic E-state index is 12.6. The molecule has 20 heavy (non-hydrogen) atoms. The summed E-state index contributed by atoms with van der Waals surface area (Å²) in [6, 6.07) is 2.69. The van der Waals surface area contributed by atoms with E-state index in [4.69, 9.17) is 0 Å². The molecule has 110 valence electrons. The molecular weight excluding hydrogens is 265 g/mol. The van der Waals surface area contributed by atoms with Gasteiger partial charge in [-0.15, -0.1) is 0 Å². The van der Waals surface area contributed by atoms with Gasteiger partial charge >= 0.3 is 6.18 Å². The second-order valence-electron chi connectivity index (χ2n) is 6.35. The Kier molecular flexibility index (Phi) is 3.27. The Labute approximate surface area is 116 Å². The molecule has 1 N–H and O–H groups in total. The molecule has 2 heterocycles. The van der Waals surface area contributed by atoms with Gasteiger partial charge in [-0.3, -0.25) is 4.98 Å². The molecule has 2 fully saturated rings. The molecule has 5 heteroatoms. The SMILES string of the molecule is Cc1nc(CCC2CC3(CNC3)C2)ccc1C(F)(F)F. The van der Waals surface area contributed by atoms with Crippen molar-refractivity contribution >= 4 is 0 Å². The molecule has 0 atom stereocenters. The minimum absolute atomic E-state index is 0.0864. The van der Waals surface area contributed by atoms with Crippen LogP contribution in [0, 0.1) is 18.3 Å². The summed E-state index contributed by atoms with van der Waals surface area (Å²) in [6.07, 6.45) is 0.0547. The van der Waals surface area contributed by atoms with E-state index in [2.05, 4.69) is 10.3 Å². The zero-order valence-electron chi connectivity index (χ0n) is 11.6. The molecule has 2 aliphatic rings. The van der Waals surface area contributed by atoms with Crippen LogP contribution in [0.5, 0.6) is 0 Å². The number of nitrogens with one attached hydrogen (secondary N) is 1. The summed E-state index contributed by atoms with van der Waals surface area (Å²) < 4.78 is 37.9. The fraction of sp³-hybridized carbons (Fsp3) is 0.667. The lowest BCUT2D eigenvalue weighted by molar-refractivity contribution is -0.138. The maximum Gasteiger partial charge on any atom is 0.418 e. The van der Waals surface area contributed by atoms with Gasteiger partial charge in [0.15, 0.2) is 0 Å². The Morgan fingerprint density at radius 2 is 2.00 bits per heavy atom. The molecule has 0 amide bonds. The quantitative estimate of drug-likeness (QED) is 0.921. The van der Waals surface area contributed by atoms with Crippen molar-refractivity contribution < 1.29 is 13.2 Å². The third-order valence-electron chi connectivity index (χ3n) is 4.70. The molecular formula is C15H19F3N2. The van der Waals surface area contributed by atoms with Crippen LogP contribution in [0.1, 0.15) is 36.2 Å². The summed E-state index contributed by atoms with van der Waals surface area (Å²) in [5.74, 6) is 0.724. The Bertz CT molecular complexity index is 498. The minimum Gasteiger partial charge on any atom is -0.316 e. The Balaban J connectivity index is 1.55. The average Bonchev–Trinajstić information content (AvgIpc) is 2.23. The van der Waals surface area contributed by atoms with Crippen molar-refractivity contribution in [1.29, 1.82) is 0 Å². The summed E-state index contributed by atoms with van der Waals surface area (Å²) in [6.45, 7) is 3.72. The summed E-state index contributed by atoms with van der Waals surface area (Å²) in [5.41, 5.74) is 0.810. The lowest BCUT2D eigenvalue weighted by Gasteiger charge is -2.54. The number of hydrogen-bond donors (Lipinski definition) is 1. The van der Waals surface area contributed by atoms with Gasteiger partial charge in [0.25, 0.3) is 0 Å². The van der Waals surface area contributed by atoms with E-state index in [0.717, 1.165) is 43.6 Å². The third kappa shape index (κ3) is 2.55. The molecule has 1 aliphatic carbocycles. The zero-order valence-corrected chi connectivity index (χ0v) is 11.6. The normalized spacial score (nSPS) is 21.6. The number of rotatable bonds is 3. The first-order chi connectivity index (χ1) is 9.38. The van der Waals surface area contributed by atoms with Gasteiger partial charge in [-0.05, 0) is 56.1 Å². The van der Waals surface area contributed by atoms with Gasteiger partial charge in [-0.2, -0.15) is 13.2 Å². The van der Waals surface area contributed by atoms with E-state index < -0.39 is 11.7 Å². The van der Waals surface area contributed by atoms with E-state index >= 15 is 0 Å². The summed E-state index contributed by atoms with van der Waals surface area (Å²) in [7, 11) is 0. The van der Waals surface area contributed by atoms with Crippen molar-refractivity contribution in [3.8, 4) is 0 Å². The van der Waals surface area contributed by atoms with E-state index in [1.807, 2.05) is 0 Å². The van der Waals surface area contributed by atoms with E-state index in [1.54, 1.807) is 0 Å². The fourth-order valence-electron chi connectivity index (χ4n) is 3.54. The molecule has 1 aromatic rings. The van der Waals surface area contributed by atoms with E-state index in [1.165, 1.54) is 25.8 Å². The lowest BCUT2D eigenvalue weighted by Crippen LogP contribution is -2.60. The highest BCUT2D eigenvalue weighted by Crippen LogP contribution is 2.49. The third-order valence-corrected chi connectivity index (χ3v) is 4.70. The van der Waals surface area contributed by atoms with Gasteiger partial charge in [0, 0.05) is 24.5 Å². The summed E-state index contributed by atoms with van der Waals surface area (Å²) in [5, 5.41) is 3.31. The van der Waals surface area contributed by atoms with Gasteiger partial charge in [-0.1, -0.05) is 0 Å². The molecule has 0 aromatic carbocycles. The van der Waals surface area contributed by atoms with Crippen molar-refractivity contribution in [2.75, 3.05) is 13.1 Å². The number of aromatic nitrogens is 1. The molecule has 0 radical (unpaired) electrons. The van der Waals surface area contributed by atoms with Crippen molar-refractivity contribution in [3.63, 3.8) is 0 Å². The average molecular weight is 284 g/mol. The van der Waals surface area contributed by atoms with Crippen LogP contribution in [0.25, 0.3) is 0 Å². The van der Waals surface area contributed by atoms with Gasteiger partial charge in [0.1, 0.15) is 0 Å². The molecule has 0 unspecified atom stereocenters. The smallest absolute Gasteiger partial charge is 0.316 e. The molecule has 1 aliphatic heterocycles. The van der Waals surface area contributed by atoms with Crippen LogP contribution < -0.4 is 5.32 Å². The highest BCUT2D eigenvalue weighted by atomic mass is 19.4. The highest BCUT2D eigenvalue weighted by Gasteiger charge is 2.47. The number of aryl methyl sites for hydroxylation is 2. The van der Waals surface area contributed by atoms with Gasteiger partial charge in [0.05, 0.1) is 5.56 Å². The number of halogens is 3. The number of alkyl halides is 3. The highest BCUT2D eigenvalue weighted by molar-refractivity contribution is 5.25. The first-order valence-electron chi connectivity index (χ1n) is 7.12. The molecule has 3 rings (SSSR count). The predicted molar refractivity (Wildman–Crippen MR) is 70.3 cm³/mol. The van der Waals surface area contributed by atoms with Gasteiger partial charge < -0.3 is 5.32 Å². The van der Waals surface area contributed by atoms with Gasteiger partial charge in [0.2, 0.25) is 0 Å². The van der Waals surface area contributed by atoms with Crippen LogP contribution in [0.4, 0.5) is 13.2 Å². The van der Waals surface area contributed by atoms with Crippen molar-refractivity contribution in [1.82, 2.24) is 10.3 Å². The first kappa shape index (κ1) is 13.9. The van der Waals surface area contributed by atoms with Crippen molar-refractivity contribution in [2.45, 2.75) is 38.8 Å². The Morgan fingerprint density at radius 1 is 1.30 bits per heavy atom. The fourth-order valence-corrected chi connectivity index (χ4v) is 3.54. The lowest BCUT2D eigenvalue weighted by atomic mass is 9.57. The number of nitrogens with zero attached hydrogens (tertiary/aromatic N) is 1. The second kappa shape index (κ2) is 4.72. The monoisotopic (exact) mass is 284 g/mol. The molecule has 1 aromatic heterocycles. The first-order valence-corrected chi connectivity index (χ1v) is 7.12. The second-order valence-corrected chi connectivity index (χ2v) is 6.35. The molecule has 1 spiro atoms. The van der Waals surface area contributed by atoms with E-state index in [9.17, 15) is 13.2 Å². The van der Waals surface area contributed by atoms with Crippen LogP contribution in [0.2, 0.25) is 0 Å². The van der Waals surface area contributed by atoms with Crippen LogP contribution in [-0.4, -0.2) is 18.1 Å². The Hall–Kier alpha value is -1.10. The molecule has 0 bridgehead atoms. The molecule has 2 nitrogen and oxygen atoms in total. The van der Waals surface area contributed by atoms with Crippen LogP contribution in [-0.2, 0) is 12.6 Å². The Morgan fingerprint density at radius 3 is 2.50 bits per heavy atom. The molecule has 1 saturated heterocycles. The van der Waals surface area contributed by atoms with E-state index in [0.29, 0.717) is 5.41 Å². The van der Waals surface area contributed by atoms with Crippen LogP contribution in [0.15, 0.2) is 12.1 Å². The van der Waals surface area contributed by atoms with Crippen molar-refractivity contribution in [2.24, 2.45) is 11.3 Å². The maximum absolute atomic E-state index is 12.6. The molecule has 1 saturated carbocycles. The van der Waals surface area contributed by atoms with E-state index in [-0.39, 0.29) is 5.69 Å². The zero-order chi connectivity index (χ0) is 14.4. The minimum atomic E-state index is -4.30. The van der Waals surface area contributed by atoms with Crippen LogP contribution >= 0.6 is 0 Å². The standard InChI is InChI=1S/C15H19F3N2/c1-10-13(15(16,17)18)5-4-12(20-10)3-2-11-6-14(7-11)8-19-9-14/h4-5,11,19H,2-3,6-9H2,1H3. The summed E-state index contributed by atoms with van der Waals surface area (Å²) in [4.78, 5) is 4.11. The number of pyridine rings is 1. The summed E-state index contributed by atoms with van der Waals surface area (Å²) >= 11 is 0. The topological polar surface area (TPSA) is 24.9 Å². The predicted octanol–water partition coefficient (Wildman–Crippen LogP) is 3.34. The number of hydrogen-bond acceptors (Lipinski definition) is 2. The van der Waals surface area contributed by atoms with Gasteiger partial charge in [-0.25, -0.2) is 0 Å². The largest absolute Gasteiger partial charge is 0.418 e.